The maximum Gasteiger partial charge on any atom is 0.123 e. The van der Waals surface area contributed by atoms with Crippen LogP contribution in [-0.4, -0.2) is 13.6 Å². The fourth-order valence-corrected chi connectivity index (χ4v) is 2.54. The van der Waals surface area contributed by atoms with E-state index in [4.69, 9.17) is 28.9 Å². The summed E-state index contributed by atoms with van der Waals surface area (Å²) in [6.45, 7) is 0.369. The lowest BCUT2D eigenvalue weighted by molar-refractivity contribution is 0.626. The first kappa shape index (κ1) is 15.1. The summed E-state index contributed by atoms with van der Waals surface area (Å²) in [6.07, 6.45) is 0. The standard InChI is InChI=1S/C15H15Cl2FN2/c1-20(12-5-3-11(18)4-6-12)15(9-19)13-8-10(16)2-7-14(13)17/h2-8,15H,9,19H2,1H3. The predicted molar refractivity (Wildman–Crippen MR) is 83.1 cm³/mol. The number of hydrogen-bond acceptors (Lipinski definition) is 2. The van der Waals surface area contributed by atoms with E-state index in [1.807, 2.05) is 11.9 Å². The van der Waals surface area contributed by atoms with Gasteiger partial charge in [-0.05, 0) is 48.0 Å². The van der Waals surface area contributed by atoms with E-state index >= 15 is 0 Å². The van der Waals surface area contributed by atoms with Crippen molar-refractivity contribution in [3.05, 3.63) is 63.9 Å². The second-order valence-electron chi connectivity index (χ2n) is 4.50. The Morgan fingerprint density at radius 1 is 1.15 bits per heavy atom. The smallest absolute Gasteiger partial charge is 0.123 e. The highest BCUT2D eigenvalue weighted by molar-refractivity contribution is 6.33. The quantitative estimate of drug-likeness (QED) is 0.913. The van der Waals surface area contributed by atoms with Gasteiger partial charge in [-0.25, -0.2) is 4.39 Å². The number of benzene rings is 2. The summed E-state index contributed by atoms with van der Waals surface area (Å²) >= 11 is 12.2. The lowest BCUT2D eigenvalue weighted by Crippen LogP contribution is -2.30. The predicted octanol–water partition coefficient (Wildman–Crippen LogP) is 4.27. The molecule has 2 rings (SSSR count). The molecule has 0 saturated carbocycles. The summed E-state index contributed by atoms with van der Waals surface area (Å²) in [5.74, 6) is -0.271. The number of nitrogens with two attached hydrogens (primary N) is 1. The van der Waals surface area contributed by atoms with Crippen molar-refractivity contribution < 1.29 is 4.39 Å². The van der Waals surface area contributed by atoms with E-state index in [9.17, 15) is 4.39 Å². The van der Waals surface area contributed by atoms with E-state index in [0.29, 0.717) is 16.6 Å². The average Bonchev–Trinajstić information content (AvgIpc) is 2.44. The van der Waals surface area contributed by atoms with Crippen LogP contribution in [-0.2, 0) is 0 Å². The van der Waals surface area contributed by atoms with Crippen LogP contribution in [0.1, 0.15) is 11.6 Å². The van der Waals surface area contributed by atoms with Gasteiger partial charge in [0.1, 0.15) is 5.82 Å². The number of halogens is 3. The van der Waals surface area contributed by atoms with Crippen LogP contribution in [0.2, 0.25) is 10.0 Å². The van der Waals surface area contributed by atoms with Gasteiger partial charge >= 0.3 is 0 Å². The highest BCUT2D eigenvalue weighted by atomic mass is 35.5. The van der Waals surface area contributed by atoms with Crippen LogP contribution < -0.4 is 10.6 Å². The second-order valence-corrected chi connectivity index (χ2v) is 5.35. The zero-order valence-electron chi connectivity index (χ0n) is 11.0. The Balaban J connectivity index is 2.36. The Bertz CT molecular complexity index is 587. The first-order valence-electron chi connectivity index (χ1n) is 6.16. The Labute approximate surface area is 127 Å². The lowest BCUT2D eigenvalue weighted by atomic mass is 10.0. The van der Waals surface area contributed by atoms with Gasteiger partial charge in [0.2, 0.25) is 0 Å². The second kappa shape index (κ2) is 6.44. The van der Waals surface area contributed by atoms with E-state index < -0.39 is 0 Å². The number of hydrogen-bond donors (Lipinski definition) is 1. The summed E-state index contributed by atoms with van der Waals surface area (Å²) in [5, 5.41) is 1.22. The minimum absolute atomic E-state index is 0.133. The number of likely N-dealkylation sites (N-methyl/N-ethyl adjacent to an activating group) is 1. The average molecular weight is 313 g/mol. The molecule has 1 atom stereocenters. The summed E-state index contributed by atoms with van der Waals surface area (Å²) in [6, 6.07) is 11.4. The van der Waals surface area contributed by atoms with Crippen LogP contribution in [0.15, 0.2) is 42.5 Å². The molecule has 0 aliphatic heterocycles. The monoisotopic (exact) mass is 312 g/mol. The molecule has 0 spiro atoms. The summed E-state index contributed by atoms with van der Waals surface area (Å²) in [4.78, 5) is 1.96. The fourth-order valence-electron chi connectivity index (χ4n) is 2.12. The van der Waals surface area contributed by atoms with Gasteiger partial charge in [-0.3, -0.25) is 0 Å². The van der Waals surface area contributed by atoms with Crippen LogP contribution in [0.25, 0.3) is 0 Å². The van der Waals surface area contributed by atoms with Crippen molar-refractivity contribution in [2.24, 2.45) is 5.73 Å². The van der Waals surface area contributed by atoms with Gasteiger partial charge in [0, 0.05) is 29.3 Å². The molecule has 0 saturated heterocycles. The maximum atomic E-state index is 13.0. The molecular weight excluding hydrogens is 298 g/mol. The molecule has 2 N–H and O–H groups in total. The summed E-state index contributed by atoms with van der Waals surface area (Å²) in [5.41, 5.74) is 7.59. The zero-order chi connectivity index (χ0) is 14.7. The molecule has 0 aromatic heterocycles. The normalized spacial score (nSPS) is 12.2. The van der Waals surface area contributed by atoms with E-state index in [2.05, 4.69) is 0 Å². The highest BCUT2D eigenvalue weighted by Crippen LogP contribution is 2.31. The molecule has 0 aliphatic carbocycles. The molecule has 5 heteroatoms. The van der Waals surface area contributed by atoms with E-state index in [1.54, 1.807) is 30.3 Å². The van der Waals surface area contributed by atoms with Crippen molar-refractivity contribution in [2.75, 3.05) is 18.5 Å². The minimum Gasteiger partial charge on any atom is -0.366 e. The van der Waals surface area contributed by atoms with Gasteiger partial charge in [-0.2, -0.15) is 0 Å². The largest absolute Gasteiger partial charge is 0.366 e. The van der Waals surface area contributed by atoms with Crippen LogP contribution in [0.4, 0.5) is 10.1 Å². The molecule has 0 aliphatic rings. The minimum atomic E-state index is -0.271. The molecule has 2 aromatic rings. The van der Waals surface area contributed by atoms with Crippen molar-refractivity contribution in [3.63, 3.8) is 0 Å². The van der Waals surface area contributed by atoms with E-state index in [0.717, 1.165) is 11.3 Å². The third-order valence-corrected chi connectivity index (χ3v) is 3.82. The van der Waals surface area contributed by atoms with Crippen LogP contribution in [0, 0.1) is 5.82 Å². The molecule has 106 valence electrons. The molecule has 0 radical (unpaired) electrons. The van der Waals surface area contributed by atoms with Gasteiger partial charge in [-0.1, -0.05) is 23.2 Å². The molecule has 0 fully saturated rings. The maximum absolute atomic E-state index is 13.0. The van der Waals surface area contributed by atoms with Crippen molar-refractivity contribution in [2.45, 2.75) is 6.04 Å². The summed E-state index contributed by atoms with van der Waals surface area (Å²) in [7, 11) is 1.89. The third-order valence-electron chi connectivity index (χ3n) is 3.24. The van der Waals surface area contributed by atoms with Gasteiger partial charge in [-0.15, -0.1) is 0 Å². The van der Waals surface area contributed by atoms with Crippen LogP contribution in [0.5, 0.6) is 0 Å². The van der Waals surface area contributed by atoms with Crippen molar-refractivity contribution in [1.29, 1.82) is 0 Å². The Morgan fingerprint density at radius 2 is 1.80 bits per heavy atom. The Morgan fingerprint density at radius 3 is 2.40 bits per heavy atom. The number of anilines is 1. The van der Waals surface area contributed by atoms with Crippen molar-refractivity contribution in [3.8, 4) is 0 Å². The van der Waals surface area contributed by atoms with Gasteiger partial charge in [0.15, 0.2) is 0 Å². The van der Waals surface area contributed by atoms with Crippen molar-refractivity contribution in [1.82, 2.24) is 0 Å². The molecule has 0 amide bonds. The first-order chi connectivity index (χ1) is 9.52. The third kappa shape index (κ3) is 3.23. The van der Waals surface area contributed by atoms with E-state index in [-0.39, 0.29) is 11.9 Å². The molecule has 0 bridgehead atoms. The number of nitrogens with zero attached hydrogens (tertiary/aromatic N) is 1. The topological polar surface area (TPSA) is 29.3 Å². The molecule has 20 heavy (non-hydrogen) atoms. The first-order valence-corrected chi connectivity index (χ1v) is 6.92. The zero-order valence-corrected chi connectivity index (χ0v) is 12.5. The molecule has 2 nitrogen and oxygen atoms in total. The number of rotatable bonds is 4. The lowest BCUT2D eigenvalue weighted by Gasteiger charge is -2.30. The Hall–Kier alpha value is -1.29. The Kier molecular flexibility index (Phi) is 4.86. The molecular formula is C15H15Cl2FN2. The highest BCUT2D eigenvalue weighted by Gasteiger charge is 2.19. The molecule has 2 aromatic carbocycles. The molecule has 0 heterocycles. The van der Waals surface area contributed by atoms with Crippen LogP contribution >= 0.6 is 23.2 Å². The van der Waals surface area contributed by atoms with Gasteiger partial charge < -0.3 is 10.6 Å². The van der Waals surface area contributed by atoms with Crippen molar-refractivity contribution >= 4 is 28.9 Å². The fraction of sp³-hybridized carbons (Fsp3) is 0.200. The SMILES string of the molecule is CN(c1ccc(F)cc1)C(CN)c1cc(Cl)ccc1Cl. The van der Waals surface area contributed by atoms with Gasteiger partial charge in [0.25, 0.3) is 0 Å². The molecule has 1 unspecified atom stereocenters. The summed E-state index contributed by atoms with van der Waals surface area (Å²) < 4.78 is 13.0. The van der Waals surface area contributed by atoms with E-state index in [1.165, 1.54) is 12.1 Å². The van der Waals surface area contributed by atoms with Crippen LogP contribution in [0.3, 0.4) is 0 Å². The van der Waals surface area contributed by atoms with Gasteiger partial charge in [0.05, 0.1) is 6.04 Å².